The molecule has 0 atom stereocenters. The van der Waals surface area contributed by atoms with Gasteiger partial charge in [0.05, 0.1) is 11.2 Å². The van der Waals surface area contributed by atoms with Gasteiger partial charge < -0.3 is 5.32 Å². The first-order valence-corrected chi connectivity index (χ1v) is 6.97. The summed E-state index contributed by atoms with van der Waals surface area (Å²) in [6.07, 6.45) is 2.02. The van der Waals surface area contributed by atoms with Crippen LogP contribution < -0.4 is 5.32 Å². The number of halogens is 2. The topological polar surface area (TPSA) is 29.3 Å². The van der Waals surface area contributed by atoms with E-state index in [0.29, 0.717) is 0 Å². The summed E-state index contributed by atoms with van der Waals surface area (Å²) < 4.78 is 2.89. The molecule has 3 aromatic rings. The number of hydrogen-bond acceptors (Lipinski definition) is 2. The summed E-state index contributed by atoms with van der Waals surface area (Å²) >= 11 is 9.42. The number of aromatic nitrogens is 2. The molecule has 19 heavy (non-hydrogen) atoms. The van der Waals surface area contributed by atoms with Crippen LogP contribution in [0.15, 0.2) is 47.2 Å². The van der Waals surface area contributed by atoms with Gasteiger partial charge in [-0.15, -0.1) is 0 Å². The van der Waals surface area contributed by atoms with Gasteiger partial charge in [-0.3, -0.25) is 4.40 Å². The minimum absolute atomic E-state index is 0.722. The second kappa shape index (κ2) is 4.87. The van der Waals surface area contributed by atoms with Gasteiger partial charge in [0, 0.05) is 23.8 Å². The van der Waals surface area contributed by atoms with Crippen LogP contribution in [0.4, 0.5) is 5.69 Å². The second-order valence-electron chi connectivity index (χ2n) is 4.16. The molecule has 2 aromatic heterocycles. The van der Waals surface area contributed by atoms with Crippen molar-refractivity contribution in [1.82, 2.24) is 9.38 Å². The minimum Gasteiger partial charge on any atom is -0.387 e. The Balaban J connectivity index is 2.25. The molecule has 0 radical (unpaired) electrons. The Morgan fingerprint density at radius 1 is 1.16 bits per heavy atom. The Morgan fingerprint density at radius 3 is 2.58 bits per heavy atom. The zero-order chi connectivity index (χ0) is 13.4. The number of anilines is 1. The lowest BCUT2D eigenvalue weighted by atomic mass is 10.2. The fraction of sp³-hybridized carbons (Fsp3) is 0.0714. The SMILES string of the molecule is CNc1ccc2c(Br)nc(-c3ccc(Cl)cc3)n2c1. The summed E-state index contributed by atoms with van der Waals surface area (Å²) in [4.78, 5) is 4.57. The highest BCUT2D eigenvalue weighted by atomic mass is 79.9. The van der Waals surface area contributed by atoms with E-state index in [-0.39, 0.29) is 0 Å². The van der Waals surface area contributed by atoms with E-state index >= 15 is 0 Å². The maximum absolute atomic E-state index is 5.92. The Bertz CT molecular complexity index is 734. The molecule has 3 nitrogen and oxygen atoms in total. The molecule has 96 valence electrons. The highest BCUT2D eigenvalue weighted by Crippen LogP contribution is 2.28. The van der Waals surface area contributed by atoms with Gasteiger partial charge in [-0.05, 0) is 52.3 Å². The zero-order valence-electron chi connectivity index (χ0n) is 10.2. The number of nitrogens with one attached hydrogen (secondary N) is 1. The van der Waals surface area contributed by atoms with Crippen LogP contribution in [0.3, 0.4) is 0 Å². The summed E-state index contributed by atoms with van der Waals surface area (Å²) in [6, 6.07) is 11.7. The number of fused-ring (bicyclic) bond motifs is 1. The van der Waals surface area contributed by atoms with E-state index in [9.17, 15) is 0 Å². The second-order valence-corrected chi connectivity index (χ2v) is 5.34. The molecule has 0 aliphatic heterocycles. The molecule has 0 amide bonds. The molecule has 1 aromatic carbocycles. The van der Waals surface area contributed by atoms with Crippen molar-refractivity contribution >= 4 is 38.7 Å². The average Bonchev–Trinajstić information content (AvgIpc) is 2.76. The smallest absolute Gasteiger partial charge is 0.145 e. The summed E-state index contributed by atoms with van der Waals surface area (Å²) in [5.41, 5.74) is 3.09. The highest BCUT2D eigenvalue weighted by Gasteiger charge is 2.11. The van der Waals surface area contributed by atoms with Gasteiger partial charge in [0.25, 0.3) is 0 Å². The normalized spacial score (nSPS) is 10.9. The Kier molecular flexibility index (Phi) is 3.21. The molecule has 0 bridgehead atoms. The average molecular weight is 337 g/mol. The molecule has 2 heterocycles. The summed E-state index contributed by atoms with van der Waals surface area (Å²) in [5.74, 6) is 0.885. The summed E-state index contributed by atoms with van der Waals surface area (Å²) in [7, 11) is 1.90. The largest absolute Gasteiger partial charge is 0.387 e. The van der Waals surface area contributed by atoms with E-state index in [2.05, 4.69) is 30.6 Å². The van der Waals surface area contributed by atoms with Crippen LogP contribution in [-0.4, -0.2) is 16.4 Å². The number of imidazole rings is 1. The van der Waals surface area contributed by atoms with Crippen LogP contribution in [-0.2, 0) is 0 Å². The number of rotatable bonds is 2. The lowest BCUT2D eigenvalue weighted by Gasteiger charge is -2.04. The van der Waals surface area contributed by atoms with E-state index in [1.807, 2.05) is 49.6 Å². The quantitative estimate of drug-likeness (QED) is 0.748. The van der Waals surface area contributed by atoms with Crippen LogP contribution >= 0.6 is 27.5 Å². The predicted molar refractivity (Wildman–Crippen MR) is 82.9 cm³/mol. The van der Waals surface area contributed by atoms with Gasteiger partial charge in [0.2, 0.25) is 0 Å². The van der Waals surface area contributed by atoms with Crippen LogP contribution in [0.25, 0.3) is 16.9 Å². The lowest BCUT2D eigenvalue weighted by molar-refractivity contribution is 1.16. The fourth-order valence-corrected chi connectivity index (χ4v) is 2.62. The molecular formula is C14H11BrClN3. The Morgan fingerprint density at radius 2 is 1.89 bits per heavy atom. The molecule has 0 fully saturated rings. The molecule has 5 heteroatoms. The summed E-state index contributed by atoms with van der Waals surface area (Å²) in [5, 5.41) is 3.85. The van der Waals surface area contributed by atoms with Crippen molar-refractivity contribution in [2.45, 2.75) is 0 Å². The Hall–Kier alpha value is -1.52. The third-order valence-electron chi connectivity index (χ3n) is 2.98. The van der Waals surface area contributed by atoms with Gasteiger partial charge in [0.15, 0.2) is 0 Å². The third-order valence-corrected chi connectivity index (χ3v) is 3.82. The molecule has 1 N–H and O–H groups in total. The first-order valence-electron chi connectivity index (χ1n) is 5.80. The maximum atomic E-state index is 5.92. The van der Waals surface area contributed by atoms with Gasteiger partial charge in [-0.25, -0.2) is 4.98 Å². The fourth-order valence-electron chi connectivity index (χ4n) is 2.00. The first kappa shape index (κ1) is 12.5. The van der Waals surface area contributed by atoms with Gasteiger partial charge >= 0.3 is 0 Å². The van der Waals surface area contributed by atoms with Crippen LogP contribution in [0.5, 0.6) is 0 Å². The Labute approximate surface area is 124 Å². The van der Waals surface area contributed by atoms with Crippen molar-refractivity contribution in [3.05, 3.63) is 52.2 Å². The highest BCUT2D eigenvalue weighted by molar-refractivity contribution is 9.10. The van der Waals surface area contributed by atoms with Gasteiger partial charge in [-0.1, -0.05) is 11.6 Å². The summed E-state index contributed by atoms with van der Waals surface area (Å²) in [6.45, 7) is 0. The lowest BCUT2D eigenvalue weighted by Crippen LogP contribution is -1.93. The molecule has 3 rings (SSSR count). The van der Waals surface area contributed by atoms with E-state index in [1.165, 1.54) is 0 Å². The van der Waals surface area contributed by atoms with Crippen molar-refractivity contribution in [2.75, 3.05) is 12.4 Å². The number of hydrogen-bond donors (Lipinski definition) is 1. The predicted octanol–water partition coefficient (Wildman–Crippen LogP) is 4.46. The minimum atomic E-state index is 0.722. The van der Waals surface area contributed by atoms with Gasteiger partial charge in [0.1, 0.15) is 10.4 Å². The molecule has 0 spiro atoms. The third kappa shape index (κ3) is 2.22. The standard InChI is InChI=1S/C14H11BrClN3/c1-17-11-6-7-12-13(15)18-14(19(12)8-11)9-2-4-10(16)5-3-9/h2-8,17H,1H3. The molecule has 0 aliphatic carbocycles. The van der Waals surface area contributed by atoms with Crippen molar-refractivity contribution in [3.63, 3.8) is 0 Å². The number of nitrogens with zero attached hydrogens (tertiary/aromatic N) is 2. The van der Waals surface area contributed by atoms with E-state index < -0.39 is 0 Å². The van der Waals surface area contributed by atoms with Gasteiger partial charge in [-0.2, -0.15) is 0 Å². The van der Waals surface area contributed by atoms with Crippen molar-refractivity contribution in [1.29, 1.82) is 0 Å². The number of benzene rings is 1. The molecule has 0 unspecified atom stereocenters. The van der Waals surface area contributed by atoms with E-state index in [4.69, 9.17) is 11.6 Å². The van der Waals surface area contributed by atoms with Crippen molar-refractivity contribution in [3.8, 4) is 11.4 Å². The van der Waals surface area contributed by atoms with E-state index in [1.54, 1.807) is 0 Å². The molecule has 0 saturated carbocycles. The number of pyridine rings is 1. The van der Waals surface area contributed by atoms with Crippen LogP contribution in [0, 0.1) is 0 Å². The molecule has 0 aliphatic rings. The van der Waals surface area contributed by atoms with Crippen LogP contribution in [0.1, 0.15) is 0 Å². The molecule has 0 saturated heterocycles. The van der Waals surface area contributed by atoms with Crippen molar-refractivity contribution < 1.29 is 0 Å². The van der Waals surface area contributed by atoms with Crippen LogP contribution in [0.2, 0.25) is 5.02 Å². The van der Waals surface area contributed by atoms with E-state index in [0.717, 1.165) is 32.2 Å². The zero-order valence-corrected chi connectivity index (χ0v) is 12.5. The monoisotopic (exact) mass is 335 g/mol. The van der Waals surface area contributed by atoms with Crippen molar-refractivity contribution in [2.24, 2.45) is 0 Å². The maximum Gasteiger partial charge on any atom is 0.145 e. The molecular weight excluding hydrogens is 326 g/mol. The first-order chi connectivity index (χ1) is 9.19.